The van der Waals surface area contributed by atoms with Crippen LogP contribution in [0.4, 0.5) is 4.39 Å². The van der Waals surface area contributed by atoms with Crippen LogP contribution in [0.3, 0.4) is 0 Å². The molecule has 1 aromatic carbocycles. The maximum absolute atomic E-state index is 13.9. The zero-order valence-electron chi connectivity index (χ0n) is 9.29. The Bertz CT molecular complexity index is 383. The van der Waals surface area contributed by atoms with Gasteiger partial charge in [0.2, 0.25) is 0 Å². The lowest BCUT2D eigenvalue weighted by Gasteiger charge is -2.25. The molecule has 1 heterocycles. The summed E-state index contributed by atoms with van der Waals surface area (Å²) < 4.78 is 13.9. The summed E-state index contributed by atoms with van der Waals surface area (Å²) in [6.07, 6.45) is 1.02. The van der Waals surface area contributed by atoms with Gasteiger partial charge < -0.3 is 5.73 Å². The van der Waals surface area contributed by atoms with Gasteiger partial charge in [-0.3, -0.25) is 4.90 Å². The predicted octanol–water partition coefficient (Wildman–Crippen LogP) is 2.43. The highest BCUT2D eigenvalue weighted by molar-refractivity contribution is 6.30. The standard InChI is InChI=1S/C12H16ClFN2/c1-16-6-5-8(7-15)12(16)9-3-2-4-10(13)11(9)14/h2-4,8,12H,5-7,15H2,1H3. The Kier molecular flexibility index (Phi) is 3.47. The van der Waals surface area contributed by atoms with Crippen LogP contribution >= 0.6 is 11.6 Å². The normalized spacial score (nSPS) is 26.2. The molecular formula is C12H16ClFN2. The maximum atomic E-state index is 13.9. The first-order chi connectivity index (χ1) is 7.65. The van der Waals surface area contributed by atoms with Crippen molar-refractivity contribution >= 4 is 11.6 Å². The Labute approximate surface area is 100 Å². The molecule has 0 aromatic heterocycles. The van der Waals surface area contributed by atoms with Crippen LogP contribution in [0.5, 0.6) is 0 Å². The molecule has 2 N–H and O–H groups in total. The molecule has 88 valence electrons. The number of nitrogens with zero attached hydrogens (tertiary/aromatic N) is 1. The van der Waals surface area contributed by atoms with Crippen molar-refractivity contribution < 1.29 is 4.39 Å². The fraction of sp³-hybridized carbons (Fsp3) is 0.500. The number of hydrogen-bond acceptors (Lipinski definition) is 2. The quantitative estimate of drug-likeness (QED) is 0.863. The predicted molar refractivity (Wildman–Crippen MR) is 63.9 cm³/mol. The molecule has 0 radical (unpaired) electrons. The number of rotatable bonds is 2. The van der Waals surface area contributed by atoms with E-state index < -0.39 is 0 Å². The number of benzene rings is 1. The average Bonchev–Trinajstić information content (AvgIpc) is 2.64. The van der Waals surface area contributed by atoms with Crippen molar-refractivity contribution in [3.63, 3.8) is 0 Å². The first-order valence-corrected chi connectivity index (χ1v) is 5.87. The summed E-state index contributed by atoms with van der Waals surface area (Å²) in [5.41, 5.74) is 6.40. The third kappa shape index (κ3) is 1.95. The molecule has 0 spiro atoms. The van der Waals surface area contributed by atoms with Crippen molar-refractivity contribution in [2.75, 3.05) is 20.1 Å². The summed E-state index contributed by atoms with van der Waals surface area (Å²) in [7, 11) is 2.00. The lowest BCUT2D eigenvalue weighted by atomic mass is 9.93. The van der Waals surface area contributed by atoms with Crippen molar-refractivity contribution in [3.8, 4) is 0 Å². The molecule has 0 bridgehead atoms. The molecule has 1 fully saturated rings. The van der Waals surface area contributed by atoms with Crippen molar-refractivity contribution in [3.05, 3.63) is 34.6 Å². The molecule has 2 rings (SSSR count). The van der Waals surface area contributed by atoms with Gasteiger partial charge in [0.15, 0.2) is 0 Å². The molecular weight excluding hydrogens is 227 g/mol. The van der Waals surface area contributed by atoms with Gasteiger partial charge in [-0.25, -0.2) is 4.39 Å². The van der Waals surface area contributed by atoms with E-state index in [0.717, 1.165) is 13.0 Å². The minimum Gasteiger partial charge on any atom is -0.330 e. The Hall–Kier alpha value is -0.640. The van der Waals surface area contributed by atoms with Gasteiger partial charge in [-0.1, -0.05) is 23.7 Å². The summed E-state index contributed by atoms with van der Waals surface area (Å²) in [5.74, 6) is 0.0133. The molecule has 1 saturated heterocycles. The first-order valence-electron chi connectivity index (χ1n) is 5.49. The lowest BCUT2D eigenvalue weighted by molar-refractivity contribution is 0.272. The number of hydrogen-bond donors (Lipinski definition) is 1. The van der Waals surface area contributed by atoms with Crippen LogP contribution in [-0.4, -0.2) is 25.0 Å². The van der Waals surface area contributed by atoms with Crippen LogP contribution in [0.15, 0.2) is 18.2 Å². The van der Waals surface area contributed by atoms with Crippen molar-refractivity contribution in [1.29, 1.82) is 0 Å². The molecule has 2 nitrogen and oxygen atoms in total. The van der Waals surface area contributed by atoms with E-state index in [9.17, 15) is 4.39 Å². The summed E-state index contributed by atoms with van der Waals surface area (Å²) in [5, 5.41) is 0.188. The minimum absolute atomic E-state index is 0.0590. The van der Waals surface area contributed by atoms with Gasteiger partial charge >= 0.3 is 0 Å². The van der Waals surface area contributed by atoms with Gasteiger partial charge in [-0.05, 0) is 38.5 Å². The van der Waals surface area contributed by atoms with Crippen molar-refractivity contribution in [2.45, 2.75) is 12.5 Å². The van der Waals surface area contributed by atoms with Gasteiger partial charge in [-0.2, -0.15) is 0 Å². The van der Waals surface area contributed by atoms with Crippen molar-refractivity contribution in [2.24, 2.45) is 11.7 Å². The summed E-state index contributed by atoms with van der Waals surface area (Å²) in [6, 6.07) is 5.23. The second-order valence-electron chi connectivity index (χ2n) is 4.35. The molecule has 1 aliphatic rings. The summed E-state index contributed by atoms with van der Waals surface area (Å²) >= 11 is 5.81. The molecule has 2 atom stereocenters. The third-order valence-corrected chi connectivity index (χ3v) is 3.67. The van der Waals surface area contributed by atoms with Crippen LogP contribution in [0.25, 0.3) is 0 Å². The largest absolute Gasteiger partial charge is 0.330 e. The van der Waals surface area contributed by atoms with Gasteiger partial charge in [0, 0.05) is 11.6 Å². The highest BCUT2D eigenvalue weighted by atomic mass is 35.5. The van der Waals surface area contributed by atoms with E-state index in [0.29, 0.717) is 18.0 Å². The fourth-order valence-corrected chi connectivity index (χ4v) is 2.70. The fourth-order valence-electron chi connectivity index (χ4n) is 2.51. The van der Waals surface area contributed by atoms with E-state index in [1.54, 1.807) is 18.2 Å². The van der Waals surface area contributed by atoms with Crippen LogP contribution in [0.1, 0.15) is 18.0 Å². The minimum atomic E-state index is -0.304. The topological polar surface area (TPSA) is 29.3 Å². The van der Waals surface area contributed by atoms with Crippen molar-refractivity contribution in [1.82, 2.24) is 4.90 Å². The second-order valence-corrected chi connectivity index (χ2v) is 4.76. The average molecular weight is 243 g/mol. The maximum Gasteiger partial charge on any atom is 0.146 e. The van der Waals surface area contributed by atoms with Crippen LogP contribution in [0, 0.1) is 11.7 Å². The van der Waals surface area contributed by atoms with Gasteiger partial charge in [0.25, 0.3) is 0 Å². The molecule has 0 aliphatic carbocycles. The number of likely N-dealkylation sites (tertiary alicyclic amines) is 1. The monoisotopic (exact) mass is 242 g/mol. The molecule has 1 aliphatic heterocycles. The molecule has 0 amide bonds. The van der Waals surface area contributed by atoms with Crippen LogP contribution in [-0.2, 0) is 0 Å². The molecule has 1 aromatic rings. The van der Waals surface area contributed by atoms with E-state index in [1.807, 2.05) is 7.05 Å². The Morgan fingerprint density at radius 1 is 1.56 bits per heavy atom. The SMILES string of the molecule is CN1CCC(CN)C1c1cccc(Cl)c1F. The van der Waals surface area contributed by atoms with Crippen LogP contribution < -0.4 is 5.73 Å². The Balaban J connectivity index is 2.38. The third-order valence-electron chi connectivity index (χ3n) is 3.38. The van der Waals surface area contributed by atoms with Crippen LogP contribution in [0.2, 0.25) is 5.02 Å². The zero-order chi connectivity index (χ0) is 11.7. The van der Waals surface area contributed by atoms with E-state index in [4.69, 9.17) is 17.3 Å². The molecule has 4 heteroatoms. The molecule has 16 heavy (non-hydrogen) atoms. The molecule has 0 saturated carbocycles. The highest BCUT2D eigenvalue weighted by Gasteiger charge is 2.33. The smallest absolute Gasteiger partial charge is 0.146 e. The number of halogens is 2. The van der Waals surface area contributed by atoms with Gasteiger partial charge in [0.1, 0.15) is 5.82 Å². The lowest BCUT2D eigenvalue weighted by Crippen LogP contribution is -2.26. The Morgan fingerprint density at radius 3 is 3.00 bits per heavy atom. The first kappa shape index (κ1) is 11.8. The van der Waals surface area contributed by atoms with E-state index in [-0.39, 0.29) is 16.9 Å². The van der Waals surface area contributed by atoms with E-state index >= 15 is 0 Å². The van der Waals surface area contributed by atoms with Gasteiger partial charge in [-0.15, -0.1) is 0 Å². The zero-order valence-corrected chi connectivity index (χ0v) is 10.0. The second kappa shape index (κ2) is 4.70. The Morgan fingerprint density at radius 2 is 2.31 bits per heavy atom. The number of nitrogens with two attached hydrogens (primary N) is 1. The summed E-state index contributed by atoms with van der Waals surface area (Å²) in [4.78, 5) is 2.15. The highest BCUT2D eigenvalue weighted by Crippen LogP contribution is 2.37. The van der Waals surface area contributed by atoms with Gasteiger partial charge in [0.05, 0.1) is 5.02 Å². The summed E-state index contributed by atoms with van der Waals surface area (Å²) in [6.45, 7) is 1.54. The van der Waals surface area contributed by atoms with E-state index in [2.05, 4.69) is 4.90 Å². The van der Waals surface area contributed by atoms with E-state index in [1.165, 1.54) is 0 Å². The molecule has 2 unspecified atom stereocenters.